The highest BCUT2D eigenvalue weighted by molar-refractivity contribution is 7.80. The van der Waals surface area contributed by atoms with Crippen molar-refractivity contribution < 1.29 is 19.0 Å². The number of carbonyl (C=O) groups excluding carboxylic acids is 1. The third kappa shape index (κ3) is 5.08. The van der Waals surface area contributed by atoms with Gasteiger partial charge in [-0.15, -0.1) is 11.3 Å². The highest BCUT2D eigenvalue weighted by atomic mass is 32.1. The largest absolute Gasteiger partial charge is 0.493 e. The molecule has 6 nitrogen and oxygen atoms in total. The Labute approximate surface area is 184 Å². The molecule has 0 aliphatic rings. The second-order valence-corrected chi connectivity index (χ2v) is 7.67. The molecule has 3 aromatic rings. The van der Waals surface area contributed by atoms with Gasteiger partial charge in [-0.3, -0.25) is 0 Å². The number of ether oxygens (including phenoxy) is 3. The maximum absolute atomic E-state index is 12.2. The van der Waals surface area contributed by atoms with E-state index in [-0.39, 0.29) is 0 Å². The molecule has 2 aromatic carbocycles. The number of anilines is 1. The Morgan fingerprint density at radius 1 is 1.00 bits per heavy atom. The van der Waals surface area contributed by atoms with Crippen molar-refractivity contribution in [2.45, 2.75) is 6.54 Å². The molecular weight excluding hydrogens is 420 g/mol. The van der Waals surface area contributed by atoms with Gasteiger partial charge in [0.2, 0.25) is 0 Å². The van der Waals surface area contributed by atoms with E-state index < -0.39 is 5.97 Å². The number of thiocarbonyl (C=S) groups is 1. The van der Waals surface area contributed by atoms with Crippen molar-refractivity contribution in [3.63, 3.8) is 0 Å². The van der Waals surface area contributed by atoms with E-state index in [4.69, 9.17) is 26.4 Å². The molecule has 0 radical (unpaired) electrons. The van der Waals surface area contributed by atoms with Crippen LogP contribution in [0.15, 0.2) is 54.6 Å². The van der Waals surface area contributed by atoms with E-state index in [2.05, 4.69) is 10.6 Å². The van der Waals surface area contributed by atoms with Gasteiger partial charge < -0.3 is 24.8 Å². The van der Waals surface area contributed by atoms with Crippen LogP contribution in [0.3, 0.4) is 0 Å². The Hall–Kier alpha value is -3.10. The monoisotopic (exact) mass is 442 g/mol. The molecule has 2 N–H and O–H groups in total. The van der Waals surface area contributed by atoms with Crippen LogP contribution < -0.4 is 20.1 Å². The molecule has 1 heterocycles. The van der Waals surface area contributed by atoms with Gasteiger partial charge in [0.05, 0.1) is 26.9 Å². The zero-order chi connectivity index (χ0) is 21.5. The third-order valence-corrected chi connectivity index (χ3v) is 5.67. The number of hydrogen-bond donors (Lipinski definition) is 2. The first kappa shape index (κ1) is 21.6. The molecule has 0 aliphatic heterocycles. The molecule has 0 aliphatic carbocycles. The fourth-order valence-electron chi connectivity index (χ4n) is 2.81. The minimum atomic E-state index is -0.418. The van der Waals surface area contributed by atoms with Gasteiger partial charge >= 0.3 is 5.97 Å². The maximum atomic E-state index is 12.2. The minimum absolute atomic E-state index is 0.399. The summed E-state index contributed by atoms with van der Waals surface area (Å²) in [6.45, 7) is 0.483. The average Bonchev–Trinajstić information content (AvgIpc) is 3.21. The summed E-state index contributed by atoms with van der Waals surface area (Å²) >= 11 is 6.87. The van der Waals surface area contributed by atoms with Gasteiger partial charge in [0, 0.05) is 11.4 Å². The summed E-state index contributed by atoms with van der Waals surface area (Å²) in [7, 11) is 4.55. The van der Waals surface area contributed by atoms with E-state index in [9.17, 15) is 4.79 Å². The van der Waals surface area contributed by atoms with Crippen molar-refractivity contribution in [2.24, 2.45) is 0 Å². The van der Waals surface area contributed by atoms with Crippen LogP contribution in [-0.4, -0.2) is 32.4 Å². The molecule has 0 amide bonds. The van der Waals surface area contributed by atoms with Crippen LogP contribution >= 0.6 is 23.6 Å². The van der Waals surface area contributed by atoms with Gasteiger partial charge in [0.25, 0.3) is 0 Å². The van der Waals surface area contributed by atoms with Gasteiger partial charge in [-0.25, -0.2) is 4.79 Å². The molecule has 0 saturated carbocycles. The van der Waals surface area contributed by atoms with Crippen LogP contribution in [-0.2, 0) is 11.3 Å². The van der Waals surface area contributed by atoms with Gasteiger partial charge in [0.15, 0.2) is 16.6 Å². The molecule has 0 saturated heterocycles. The summed E-state index contributed by atoms with van der Waals surface area (Å²) in [6, 6.07) is 17.3. The zero-order valence-corrected chi connectivity index (χ0v) is 18.5. The molecule has 0 unspecified atom stereocenters. The Kier molecular flexibility index (Phi) is 7.26. The SMILES string of the molecule is COC(=O)c1cc(-c2ccccc2)sc1NC(=S)NCc1ccc(OC)c(OC)c1. The van der Waals surface area contributed by atoms with Crippen LogP contribution in [0.5, 0.6) is 11.5 Å². The van der Waals surface area contributed by atoms with Crippen LogP contribution in [0, 0.1) is 0 Å². The second-order valence-electron chi connectivity index (χ2n) is 6.21. The molecule has 3 rings (SSSR count). The van der Waals surface area contributed by atoms with E-state index in [0.717, 1.165) is 16.0 Å². The summed E-state index contributed by atoms with van der Waals surface area (Å²) < 4.78 is 15.5. The molecule has 0 spiro atoms. The van der Waals surface area contributed by atoms with E-state index in [1.165, 1.54) is 18.4 Å². The second kappa shape index (κ2) is 10.1. The minimum Gasteiger partial charge on any atom is -0.493 e. The highest BCUT2D eigenvalue weighted by Crippen LogP contribution is 2.36. The van der Waals surface area contributed by atoms with E-state index in [0.29, 0.717) is 33.7 Å². The maximum Gasteiger partial charge on any atom is 0.340 e. The lowest BCUT2D eigenvalue weighted by Gasteiger charge is -2.12. The molecule has 0 atom stereocenters. The predicted molar refractivity (Wildman–Crippen MR) is 124 cm³/mol. The van der Waals surface area contributed by atoms with Crippen molar-refractivity contribution in [2.75, 3.05) is 26.6 Å². The van der Waals surface area contributed by atoms with Gasteiger partial charge in [-0.2, -0.15) is 0 Å². The van der Waals surface area contributed by atoms with Crippen molar-refractivity contribution in [3.05, 3.63) is 65.7 Å². The summed E-state index contributed by atoms with van der Waals surface area (Å²) in [6.07, 6.45) is 0. The van der Waals surface area contributed by atoms with E-state index in [1.807, 2.05) is 54.6 Å². The van der Waals surface area contributed by atoms with Gasteiger partial charge in [0.1, 0.15) is 5.00 Å². The van der Waals surface area contributed by atoms with E-state index >= 15 is 0 Å². The van der Waals surface area contributed by atoms with Crippen molar-refractivity contribution >= 4 is 39.6 Å². The Bertz CT molecular complexity index is 1030. The molecular formula is C22H22N2O4S2. The number of thiophene rings is 1. The zero-order valence-electron chi connectivity index (χ0n) is 16.9. The number of rotatable bonds is 7. The van der Waals surface area contributed by atoms with E-state index in [1.54, 1.807) is 14.2 Å². The number of carbonyl (C=O) groups is 1. The van der Waals surface area contributed by atoms with Crippen molar-refractivity contribution in [3.8, 4) is 21.9 Å². The van der Waals surface area contributed by atoms with Crippen molar-refractivity contribution in [1.29, 1.82) is 0 Å². The first-order valence-corrected chi connectivity index (χ1v) is 10.3. The lowest BCUT2D eigenvalue weighted by atomic mass is 10.1. The predicted octanol–water partition coefficient (Wildman–Crippen LogP) is 4.71. The molecule has 30 heavy (non-hydrogen) atoms. The van der Waals surface area contributed by atoms with Crippen LogP contribution in [0.25, 0.3) is 10.4 Å². The average molecular weight is 443 g/mol. The van der Waals surface area contributed by atoms with Crippen LogP contribution in [0.1, 0.15) is 15.9 Å². The summed E-state index contributed by atoms with van der Waals surface area (Å²) in [5, 5.41) is 7.30. The fourth-order valence-corrected chi connectivity index (χ4v) is 4.11. The first-order chi connectivity index (χ1) is 14.5. The van der Waals surface area contributed by atoms with Gasteiger partial charge in [-0.1, -0.05) is 36.4 Å². The molecule has 156 valence electrons. The Morgan fingerprint density at radius 2 is 1.73 bits per heavy atom. The standard InChI is InChI=1S/C22H22N2O4S2/c1-26-17-10-9-14(11-18(17)27-2)13-23-22(29)24-20-16(21(25)28-3)12-19(30-20)15-7-5-4-6-8-15/h4-12H,13H2,1-3H3,(H2,23,24,29). The Balaban J connectivity index is 1.73. The Morgan fingerprint density at radius 3 is 2.40 bits per heavy atom. The topological polar surface area (TPSA) is 68.8 Å². The molecule has 0 fully saturated rings. The number of hydrogen-bond acceptors (Lipinski definition) is 6. The van der Waals surface area contributed by atoms with Crippen molar-refractivity contribution in [1.82, 2.24) is 5.32 Å². The van der Waals surface area contributed by atoms with Gasteiger partial charge in [-0.05, 0) is 41.5 Å². The molecule has 1 aromatic heterocycles. The number of methoxy groups -OCH3 is 3. The molecule has 8 heteroatoms. The summed E-state index contributed by atoms with van der Waals surface area (Å²) in [5.74, 6) is 0.893. The fraction of sp³-hybridized carbons (Fsp3) is 0.182. The normalized spacial score (nSPS) is 10.2. The third-order valence-electron chi connectivity index (χ3n) is 4.32. The number of esters is 1. The van der Waals surface area contributed by atoms with Crippen LogP contribution in [0.2, 0.25) is 0 Å². The smallest absolute Gasteiger partial charge is 0.340 e. The first-order valence-electron chi connectivity index (χ1n) is 9.09. The number of benzene rings is 2. The number of nitrogens with one attached hydrogen (secondary N) is 2. The highest BCUT2D eigenvalue weighted by Gasteiger charge is 2.18. The summed E-state index contributed by atoms with van der Waals surface area (Å²) in [4.78, 5) is 13.2. The quantitative estimate of drug-likeness (QED) is 0.406. The molecule has 0 bridgehead atoms. The van der Waals surface area contributed by atoms with Crippen LogP contribution in [0.4, 0.5) is 5.00 Å². The lowest BCUT2D eigenvalue weighted by molar-refractivity contribution is 0.0602. The summed E-state index contributed by atoms with van der Waals surface area (Å²) in [5.41, 5.74) is 2.43. The lowest BCUT2D eigenvalue weighted by Crippen LogP contribution is -2.28.